The van der Waals surface area contributed by atoms with Crippen molar-refractivity contribution in [3.8, 4) is 0 Å². The number of anilines is 1. The van der Waals surface area contributed by atoms with Crippen LogP contribution in [0.25, 0.3) is 10.2 Å². The number of aromatic nitrogens is 2. The van der Waals surface area contributed by atoms with Crippen LogP contribution < -0.4 is 4.90 Å². The lowest BCUT2D eigenvalue weighted by Gasteiger charge is -2.20. The van der Waals surface area contributed by atoms with Crippen molar-refractivity contribution < 1.29 is 4.79 Å². The molecule has 2 heterocycles. The van der Waals surface area contributed by atoms with Crippen LogP contribution in [0.1, 0.15) is 33.4 Å². The van der Waals surface area contributed by atoms with Crippen molar-refractivity contribution in [1.29, 1.82) is 0 Å². The molecule has 0 fully saturated rings. The van der Waals surface area contributed by atoms with Crippen LogP contribution in [0.15, 0.2) is 54.9 Å². The van der Waals surface area contributed by atoms with Gasteiger partial charge in [0.1, 0.15) is 0 Å². The number of rotatable bonds is 5. The molecule has 0 radical (unpaired) electrons. The van der Waals surface area contributed by atoms with Crippen LogP contribution in [-0.2, 0) is 17.8 Å². The summed E-state index contributed by atoms with van der Waals surface area (Å²) in [7, 11) is 0. The van der Waals surface area contributed by atoms with E-state index >= 15 is 0 Å². The van der Waals surface area contributed by atoms with E-state index < -0.39 is 0 Å². The van der Waals surface area contributed by atoms with Gasteiger partial charge in [0, 0.05) is 12.4 Å². The van der Waals surface area contributed by atoms with Crippen LogP contribution in [0.4, 0.5) is 5.13 Å². The number of hydrogen-bond acceptors (Lipinski definition) is 4. The van der Waals surface area contributed by atoms with Gasteiger partial charge in [0.2, 0.25) is 5.91 Å². The summed E-state index contributed by atoms with van der Waals surface area (Å²) in [4.78, 5) is 24.2. The predicted octanol–water partition coefficient (Wildman–Crippen LogP) is 5.70. The zero-order valence-electron chi connectivity index (χ0n) is 17.8. The predicted molar refractivity (Wildman–Crippen MR) is 124 cm³/mol. The first-order chi connectivity index (χ1) is 14.4. The summed E-state index contributed by atoms with van der Waals surface area (Å²) in [5, 5.41) is 0.741. The minimum atomic E-state index is 0.0483. The molecular weight excluding hydrogens is 390 g/mol. The van der Waals surface area contributed by atoms with Crippen molar-refractivity contribution >= 4 is 32.6 Å². The molecule has 2 aromatic heterocycles. The maximum atomic E-state index is 13.5. The molecule has 4 nitrogen and oxygen atoms in total. The zero-order valence-corrected chi connectivity index (χ0v) is 18.6. The van der Waals surface area contributed by atoms with Gasteiger partial charge in [0.05, 0.1) is 23.2 Å². The third-order valence-electron chi connectivity index (χ3n) is 5.28. The van der Waals surface area contributed by atoms with Gasteiger partial charge >= 0.3 is 0 Å². The fourth-order valence-electron chi connectivity index (χ4n) is 3.71. The molecule has 0 saturated heterocycles. The topological polar surface area (TPSA) is 46.1 Å². The average molecular weight is 416 g/mol. The molecule has 0 unspecified atom stereocenters. The van der Waals surface area contributed by atoms with Gasteiger partial charge in [0.15, 0.2) is 5.13 Å². The van der Waals surface area contributed by atoms with Crippen LogP contribution >= 0.6 is 11.3 Å². The third kappa shape index (κ3) is 4.26. The van der Waals surface area contributed by atoms with Gasteiger partial charge in [-0.25, -0.2) is 4.98 Å². The van der Waals surface area contributed by atoms with E-state index in [9.17, 15) is 4.79 Å². The lowest BCUT2D eigenvalue weighted by Crippen LogP contribution is -2.32. The summed E-state index contributed by atoms with van der Waals surface area (Å²) < 4.78 is 1.11. The van der Waals surface area contributed by atoms with E-state index in [2.05, 4.69) is 63.0 Å². The van der Waals surface area contributed by atoms with E-state index in [-0.39, 0.29) is 5.91 Å². The minimum Gasteiger partial charge on any atom is -0.283 e. The highest BCUT2D eigenvalue weighted by atomic mass is 32.1. The minimum absolute atomic E-state index is 0.0483. The summed E-state index contributed by atoms with van der Waals surface area (Å²) in [6, 6.07) is 14.4. The number of carbonyl (C=O) groups is 1. The first-order valence-corrected chi connectivity index (χ1v) is 10.9. The molecule has 0 spiro atoms. The molecular formula is C25H25N3OS. The Labute approximate surface area is 181 Å². The number of hydrogen-bond donors (Lipinski definition) is 0. The van der Waals surface area contributed by atoms with Gasteiger partial charge in [-0.1, -0.05) is 41.2 Å². The van der Waals surface area contributed by atoms with Gasteiger partial charge in [0.25, 0.3) is 0 Å². The molecule has 0 aliphatic carbocycles. The van der Waals surface area contributed by atoms with Crippen molar-refractivity contribution in [2.45, 2.75) is 40.7 Å². The maximum absolute atomic E-state index is 13.5. The van der Waals surface area contributed by atoms with E-state index in [1.54, 1.807) is 23.7 Å². The maximum Gasteiger partial charge on any atom is 0.233 e. The largest absolute Gasteiger partial charge is 0.283 e. The fourth-order valence-corrected chi connectivity index (χ4v) is 4.87. The summed E-state index contributed by atoms with van der Waals surface area (Å²) in [5.74, 6) is 0.0483. The standard InChI is InChI=1S/C25H25N3OS/c1-16-5-6-21(18(3)11-16)14-23(29)28(15-20-7-9-26-10-8-20)25-27-24-19(4)12-17(2)13-22(24)30-25/h5-13H,14-15H2,1-4H3. The van der Waals surface area contributed by atoms with Crippen LogP contribution in [0.2, 0.25) is 0 Å². The molecule has 0 saturated carbocycles. The smallest absolute Gasteiger partial charge is 0.233 e. The Morgan fingerprint density at radius 1 is 0.933 bits per heavy atom. The van der Waals surface area contributed by atoms with Gasteiger partial charge < -0.3 is 0 Å². The Morgan fingerprint density at radius 3 is 2.40 bits per heavy atom. The Bertz CT molecular complexity index is 1210. The van der Waals surface area contributed by atoms with Crippen molar-refractivity contribution in [3.05, 3.63) is 88.2 Å². The SMILES string of the molecule is Cc1ccc(CC(=O)N(Cc2ccncc2)c2nc3c(C)cc(C)cc3s2)c(C)c1. The Kier molecular flexibility index (Phi) is 5.64. The van der Waals surface area contributed by atoms with Gasteiger partial charge in [-0.3, -0.25) is 14.7 Å². The van der Waals surface area contributed by atoms with Crippen LogP contribution in [0.5, 0.6) is 0 Å². The van der Waals surface area contributed by atoms with Crippen LogP contribution in [0, 0.1) is 27.7 Å². The number of benzene rings is 2. The van der Waals surface area contributed by atoms with Crippen LogP contribution in [0.3, 0.4) is 0 Å². The number of nitrogens with zero attached hydrogens (tertiary/aromatic N) is 3. The van der Waals surface area contributed by atoms with E-state index in [4.69, 9.17) is 4.98 Å². The highest BCUT2D eigenvalue weighted by Gasteiger charge is 2.22. The van der Waals surface area contributed by atoms with E-state index in [1.807, 2.05) is 17.0 Å². The fraction of sp³-hybridized carbons (Fsp3) is 0.240. The molecule has 0 aliphatic rings. The average Bonchev–Trinajstić information content (AvgIpc) is 3.13. The molecule has 4 rings (SSSR count). The lowest BCUT2D eigenvalue weighted by atomic mass is 10.0. The molecule has 0 N–H and O–H groups in total. The number of carbonyl (C=O) groups excluding carboxylic acids is 1. The molecule has 0 aliphatic heterocycles. The zero-order chi connectivity index (χ0) is 21.3. The first kappa shape index (κ1) is 20.2. The number of pyridine rings is 1. The molecule has 5 heteroatoms. The van der Waals surface area contributed by atoms with Crippen molar-refractivity contribution in [2.75, 3.05) is 4.90 Å². The highest BCUT2D eigenvalue weighted by Crippen LogP contribution is 2.33. The molecule has 4 aromatic rings. The van der Waals surface area contributed by atoms with Crippen molar-refractivity contribution in [2.24, 2.45) is 0 Å². The molecule has 1 amide bonds. The van der Waals surface area contributed by atoms with Gasteiger partial charge in [-0.2, -0.15) is 0 Å². The van der Waals surface area contributed by atoms with E-state index in [0.717, 1.165) is 37.6 Å². The molecule has 152 valence electrons. The second kappa shape index (κ2) is 8.36. The van der Waals surface area contributed by atoms with E-state index in [1.165, 1.54) is 11.1 Å². The number of amides is 1. The molecule has 2 aromatic carbocycles. The molecule has 0 bridgehead atoms. The number of fused-ring (bicyclic) bond motifs is 1. The summed E-state index contributed by atoms with van der Waals surface area (Å²) in [6.45, 7) is 8.77. The van der Waals surface area contributed by atoms with E-state index in [0.29, 0.717) is 13.0 Å². The van der Waals surface area contributed by atoms with Gasteiger partial charge in [-0.15, -0.1) is 0 Å². The quantitative estimate of drug-likeness (QED) is 0.420. The lowest BCUT2D eigenvalue weighted by molar-refractivity contribution is -0.118. The Balaban J connectivity index is 1.72. The van der Waals surface area contributed by atoms with Gasteiger partial charge in [-0.05, 0) is 73.7 Å². The third-order valence-corrected chi connectivity index (χ3v) is 6.31. The normalized spacial score (nSPS) is 11.1. The number of aryl methyl sites for hydroxylation is 4. The van der Waals surface area contributed by atoms with Crippen molar-refractivity contribution in [3.63, 3.8) is 0 Å². The molecule has 0 atom stereocenters. The Morgan fingerprint density at radius 2 is 1.67 bits per heavy atom. The first-order valence-electron chi connectivity index (χ1n) is 10.0. The monoisotopic (exact) mass is 415 g/mol. The number of thiazole rings is 1. The highest BCUT2D eigenvalue weighted by molar-refractivity contribution is 7.22. The second-order valence-corrected chi connectivity index (χ2v) is 8.88. The summed E-state index contributed by atoms with van der Waals surface area (Å²) >= 11 is 1.58. The molecule has 30 heavy (non-hydrogen) atoms. The van der Waals surface area contributed by atoms with Crippen molar-refractivity contribution in [1.82, 2.24) is 9.97 Å². The second-order valence-electron chi connectivity index (χ2n) is 7.87. The summed E-state index contributed by atoms with van der Waals surface area (Å²) in [6.07, 6.45) is 3.87. The Hall–Kier alpha value is -3.05. The summed E-state index contributed by atoms with van der Waals surface area (Å²) in [5.41, 5.74) is 7.75. The van der Waals surface area contributed by atoms with Crippen LogP contribution in [-0.4, -0.2) is 15.9 Å².